The molecule has 0 aromatic heterocycles. The summed E-state index contributed by atoms with van der Waals surface area (Å²) in [6, 6.07) is 21.7. The summed E-state index contributed by atoms with van der Waals surface area (Å²) in [7, 11) is 0. The van der Waals surface area contributed by atoms with Crippen molar-refractivity contribution in [2.75, 3.05) is 13.2 Å². The molecule has 4 rings (SSSR count). The molecule has 6 heteroatoms. The van der Waals surface area contributed by atoms with Gasteiger partial charge in [-0.2, -0.15) is 5.26 Å². The predicted octanol–water partition coefficient (Wildman–Crippen LogP) is 5.38. The molecule has 3 aromatic carbocycles. The normalized spacial score (nSPS) is 16.0. The number of nitrogens with zero attached hydrogens (tertiary/aromatic N) is 1. The second-order valence-corrected chi connectivity index (χ2v) is 8.54. The Kier molecular flexibility index (Phi) is 7.21. The van der Waals surface area contributed by atoms with Gasteiger partial charge in [-0.3, -0.25) is 4.79 Å². The molecule has 0 aliphatic carbocycles. The molecule has 5 nitrogen and oxygen atoms in total. The molecule has 3 aromatic rings. The lowest BCUT2D eigenvalue weighted by molar-refractivity contribution is -0.117. The first kappa shape index (κ1) is 22.1. The van der Waals surface area contributed by atoms with E-state index in [1.165, 1.54) is 0 Å². The SMILES string of the molecule is N#C/C(=C\c1c(OCc2ccc(Br)cc2)ccc2ccccc12)C(=O)NC[C@H]1CCCO1. The van der Waals surface area contributed by atoms with Crippen LogP contribution in [0.25, 0.3) is 16.8 Å². The fourth-order valence-corrected chi connectivity index (χ4v) is 3.96. The third kappa shape index (κ3) is 5.37. The molecule has 1 N–H and O–H groups in total. The van der Waals surface area contributed by atoms with E-state index >= 15 is 0 Å². The summed E-state index contributed by atoms with van der Waals surface area (Å²) in [6.45, 7) is 1.50. The molecule has 0 saturated carbocycles. The zero-order valence-electron chi connectivity index (χ0n) is 17.5. The number of fused-ring (bicyclic) bond motifs is 1. The van der Waals surface area contributed by atoms with Crippen molar-refractivity contribution in [1.29, 1.82) is 5.26 Å². The van der Waals surface area contributed by atoms with E-state index in [1.807, 2.05) is 66.7 Å². The summed E-state index contributed by atoms with van der Waals surface area (Å²) in [5.41, 5.74) is 1.77. The number of nitriles is 1. The number of hydrogen-bond acceptors (Lipinski definition) is 4. The number of hydrogen-bond donors (Lipinski definition) is 1. The van der Waals surface area contributed by atoms with Gasteiger partial charge in [0.1, 0.15) is 24.0 Å². The first-order valence-electron chi connectivity index (χ1n) is 10.5. The lowest BCUT2D eigenvalue weighted by Gasteiger charge is -2.13. The average molecular weight is 491 g/mol. The summed E-state index contributed by atoms with van der Waals surface area (Å²) >= 11 is 3.44. The lowest BCUT2D eigenvalue weighted by Crippen LogP contribution is -2.32. The van der Waals surface area contributed by atoms with Crippen LogP contribution in [0.5, 0.6) is 5.75 Å². The van der Waals surface area contributed by atoms with Crippen molar-refractivity contribution >= 4 is 38.7 Å². The maximum atomic E-state index is 12.7. The van der Waals surface area contributed by atoms with Crippen LogP contribution in [0.4, 0.5) is 0 Å². The van der Waals surface area contributed by atoms with Crippen LogP contribution in [0.2, 0.25) is 0 Å². The van der Waals surface area contributed by atoms with Gasteiger partial charge in [-0.25, -0.2) is 0 Å². The molecular formula is C26H23BrN2O3. The molecule has 1 atom stereocenters. The summed E-state index contributed by atoms with van der Waals surface area (Å²) < 4.78 is 12.7. The second-order valence-electron chi connectivity index (χ2n) is 7.63. The highest BCUT2D eigenvalue weighted by molar-refractivity contribution is 9.10. The van der Waals surface area contributed by atoms with Gasteiger partial charge < -0.3 is 14.8 Å². The molecule has 1 aliphatic rings. The number of amides is 1. The van der Waals surface area contributed by atoms with E-state index in [9.17, 15) is 10.1 Å². The van der Waals surface area contributed by atoms with Gasteiger partial charge in [0.15, 0.2) is 0 Å². The van der Waals surface area contributed by atoms with Crippen LogP contribution < -0.4 is 10.1 Å². The number of carbonyl (C=O) groups is 1. The number of carbonyl (C=O) groups excluding carboxylic acids is 1. The maximum Gasteiger partial charge on any atom is 0.262 e. The third-order valence-corrected chi connectivity index (χ3v) is 5.93. The van der Waals surface area contributed by atoms with Gasteiger partial charge in [0, 0.05) is 23.2 Å². The Bertz CT molecular complexity index is 1180. The van der Waals surface area contributed by atoms with Gasteiger partial charge in [0.25, 0.3) is 5.91 Å². The van der Waals surface area contributed by atoms with Crippen molar-refractivity contribution in [2.45, 2.75) is 25.6 Å². The molecule has 1 amide bonds. The lowest BCUT2D eigenvalue weighted by atomic mass is 10.0. The van der Waals surface area contributed by atoms with Gasteiger partial charge >= 0.3 is 0 Å². The highest BCUT2D eigenvalue weighted by atomic mass is 79.9. The minimum absolute atomic E-state index is 0.0150. The van der Waals surface area contributed by atoms with Crippen LogP contribution in [0.1, 0.15) is 24.0 Å². The van der Waals surface area contributed by atoms with Crippen molar-refractivity contribution in [2.24, 2.45) is 0 Å². The van der Waals surface area contributed by atoms with E-state index in [0.29, 0.717) is 24.5 Å². The van der Waals surface area contributed by atoms with Crippen LogP contribution in [-0.4, -0.2) is 25.2 Å². The van der Waals surface area contributed by atoms with E-state index in [2.05, 4.69) is 21.2 Å². The van der Waals surface area contributed by atoms with Crippen molar-refractivity contribution in [3.8, 4) is 11.8 Å². The quantitative estimate of drug-likeness (QED) is 0.356. The molecular weight excluding hydrogens is 468 g/mol. The van der Waals surface area contributed by atoms with Crippen molar-refractivity contribution < 1.29 is 14.3 Å². The van der Waals surface area contributed by atoms with Crippen LogP contribution in [0.15, 0.2) is 70.7 Å². The molecule has 1 saturated heterocycles. The average Bonchev–Trinajstić information content (AvgIpc) is 3.35. The topological polar surface area (TPSA) is 71.3 Å². The second kappa shape index (κ2) is 10.4. The molecule has 1 fully saturated rings. The Morgan fingerprint density at radius 1 is 1.19 bits per heavy atom. The van der Waals surface area contributed by atoms with Crippen LogP contribution in [0, 0.1) is 11.3 Å². The summed E-state index contributed by atoms with van der Waals surface area (Å²) in [4.78, 5) is 12.7. The van der Waals surface area contributed by atoms with Crippen LogP contribution in [-0.2, 0) is 16.1 Å². The van der Waals surface area contributed by atoms with E-state index in [4.69, 9.17) is 9.47 Å². The molecule has 0 spiro atoms. The third-order valence-electron chi connectivity index (χ3n) is 5.41. The maximum absolute atomic E-state index is 12.7. The molecule has 1 heterocycles. The summed E-state index contributed by atoms with van der Waals surface area (Å²) in [5.74, 6) is 0.209. The molecule has 162 valence electrons. The molecule has 0 radical (unpaired) electrons. The monoisotopic (exact) mass is 490 g/mol. The van der Waals surface area contributed by atoms with Gasteiger partial charge in [-0.1, -0.05) is 58.4 Å². The van der Waals surface area contributed by atoms with Crippen molar-refractivity contribution in [3.05, 3.63) is 81.8 Å². The van der Waals surface area contributed by atoms with Crippen LogP contribution >= 0.6 is 15.9 Å². The van der Waals surface area contributed by atoms with Gasteiger partial charge in [0.05, 0.1) is 6.10 Å². The van der Waals surface area contributed by atoms with Gasteiger partial charge in [-0.05, 0) is 53.5 Å². The smallest absolute Gasteiger partial charge is 0.262 e. The van der Waals surface area contributed by atoms with E-state index in [1.54, 1.807) is 6.08 Å². The fraction of sp³-hybridized carbons (Fsp3) is 0.231. The van der Waals surface area contributed by atoms with E-state index in [0.717, 1.165) is 40.3 Å². The van der Waals surface area contributed by atoms with E-state index < -0.39 is 5.91 Å². The number of benzene rings is 3. The first-order valence-corrected chi connectivity index (χ1v) is 11.3. The van der Waals surface area contributed by atoms with Crippen molar-refractivity contribution in [3.63, 3.8) is 0 Å². The highest BCUT2D eigenvalue weighted by Crippen LogP contribution is 2.31. The minimum atomic E-state index is -0.408. The Morgan fingerprint density at radius 2 is 2.00 bits per heavy atom. The fourth-order valence-electron chi connectivity index (χ4n) is 3.69. The number of halogens is 1. The van der Waals surface area contributed by atoms with Gasteiger partial charge in [-0.15, -0.1) is 0 Å². The highest BCUT2D eigenvalue weighted by Gasteiger charge is 2.18. The molecule has 0 unspecified atom stereocenters. The van der Waals surface area contributed by atoms with Crippen LogP contribution in [0.3, 0.4) is 0 Å². The standard InChI is InChI=1S/C26H23BrN2O3/c27-21-10-7-18(8-11-21)17-32-25-12-9-19-4-1-2-6-23(19)24(25)14-20(15-28)26(30)29-16-22-5-3-13-31-22/h1-2,4,6-12,14,22H,3,5,13,16-17H2,(H,29,30)/b20-14+/t22-/m1/s1. The number of rotatable bonds is 7. The van der Waals surface area contributed by atoms with Crippen molar-refractivity contribution in [1.82, 2.24) is 5.32 Å². The largest absolute Gasteiger partial charge is 0.488 e. The Balaban J connectivity index is 1.62. The zero-order valence-corrected chi connectivity index (χ0v) is 19.1. The predicted molar refractivity (Wildman–Crippen MR) is 128 cm³/mol. The Hall–Kier alpha value is -3.14. The molecule has 32 heavy (non-hydrogen) atoms. The summed E-state index contributed by atoms with van der Waals surface area (Å²) in [5, 5.41) is 14.4. The number of nitrogens with one attached hydrogen (secondary N) is 1. The van der Waals surface area contributed by atoms with Gasteiger partial charge in [0.2, 0.25) is 0 Å². The Morgan fingerprint density at radius 3 is 2.75 bits per heavy atom. The Labute approximate surface area is 195 Å². The van der Waals surface area contributed by atoms with E-state index in [-0.39, 0.29) is 11.7 Å². The number of ether oxygens (including phenoxy) is 2. The minimum Gasteiger partial charge on any atom is -0.488 e. The summed E-state index contributed by atoms with van der Waals surface area (Å²) in [6.07, 6.45) is 3.55. The molecule has 1 aliphatic heterocycles. The zero-order chi connectivity index (χ0) is 22.3. The first-order chi connectivity index (χ1) is 15.6. The molecule has 0 bridgehead atoms.